The number of hydrogen-bond donors (Lipinski definition) is 0. The summed E-state index contributed by atoms with van der Waals surface area (Å²) < 4.78 is 43.7. The number of halogens is 1. The molecule has 164 valence electrons. The lowest BCUT2D eigenvalue weighted by Gasteiger charge is -2.30. The van der Waals surface area contributed by atoms with E-state index in [0.717, 1.165) is 6.42 Å². The molecule has 1 saturated heterocycles. The molecular weight excluding hydrogens is 442 g/mol. The first-order valence-electron chi connectivity index (χ1n) is 9.74. The van der Waals surface area contributed by atoms with E-state index in [4.69, 9.17) is 25.6 Å². The molecule has 1 fully saturated rings. The Morgan fingerprint density at radius 2 is 1.90 bits per heavy atom. The van der Waals surface area contributed by atoms with Gasteiger partial charge >= 0.3 is 0 Å². The van der Waals surface area contributed by atoms with Crippen molar-refractivity contribution in [3.63, 3.8) is 0 Å². The van der Waals surface area contributed by atoms with E-state index in [-0.39, 0.29) is 17.4 Å². The van der Waals surface area contributed by atoms with Crippen molar-refractivity contribution in [3.8, 4) is 22.9 Å². The van der Waals surface area contributed by atoms with Gasteiger partial charge in [0, 0.05) is 24.2 Å². The van der Waals surface area contributed by atoms with Crippen LogP contribution in [0.5, 0.6) is 11.5 Å². The van der Waals surface area contributed by atoms with Crippen molar-refractivity contribution in [3.05, 3.63) is 53.4 Å². The van der Waals surface area contributed by atoms with Gasteiger partial charge < -0.3 is 14.0 Å². The minimum atomic E-state index is -3.63. The number of aromatic nitrogens is 2. The lowest BCUT2D eigenvalue weighted by atomic mass is 10.00. The van der Waals surface area contributed by atoms with Crippen LogP contribution in [0.2, 0.25) is 5.02 Å². The molecule has 10 heteroatoms. The minimum Gasteiger partial charge on any atom is -0.497 e. The number of benzene rings is 2. The van der Waals surface area contributed by atoms with Gasteiger partial charge in [-0.25, -0.2) is 8.42 Å². The van der Waals surface area contributed by atoms with Crippen molar-refractivity contribution in [1.82, 2.24) is 14.4 Å². The smallest absolute Gasteiger partial charge is 0.243 e. The van der Waals surface area contributed by atoms with Crippen molar-refractivity contribution >= 4 is 21.6 Å². The molecule has 1 aliphatic heterocycles. The summed E-state index contributed by atoms with van der Waals surface area (Å²) in [4.78, 5) is 4.75. The van der Waals surface area contributed by atoms with Crippen molar-refractivity contribution in [1.29, 1.82) is 0 Å². The summed E-state index contributed by atoms with van der Waals surface area (Å²) in [5.74, 6) is 1.80. The highest BCUT2D eigenvalue weighted by Gasteiger charge is 2.33. The molecule has 0 saturated carbocycles. The number of ether oxygens (including phenoxy) is 2. The number of nitrogens with zero attached hydrogens (tertiary/aromatic N) is 3. The highest BCUT2D eigenvalue weighted by atomic mass is 35.5. The van der Waals surface area contributed by atoms with Gasteiger partial charge in [-0.1, -0.05) is 16.8 Å². The zero-order valence-corrected chi connectivity index (χ0v) is 18.7. The summed E-state index contributed by atoms with van der Waals surface area (Å²) in [7, 11) is -0.500. The predicted molar refractivity (Wildman–Crippen MR) is 115 cm³/mol. The third-order valence-electron chi connectivity index (χ3n) is 5.28. The molecule has 0 unspecified atom stereocenters. The number of rotatable bonds is 6. The Hall–Kier alpha value is -2.62. The Labute approximate surface area is 185 Å². The van der Waals surface area contributed by atoms with E-state index in [1.54, 1.807) is 44.6 Å². The average Bonchev–Trinajstić information content (AvgIpc) is 3.29. The van der Waals surface area contributed by atoms with Crippen LogP contribution in [0.3, 0.4) is 0 Å². The fourth-order valence-corrected chi connectivity index (χ4v) is 5.26. The van der Waals surface area contributed by atoms with Crippen LogP contribution < -0.4 is 9.47 Å². The molecule has 3 aromatic rings. The quantitative estimate of drug-likeness (QED) is 0.545. The van der Waals surface area contributed by atoms with Gasteiger partial charge in [0.25, 0.3) is 0 Å². The molecule has 8 nitrogen and oxygen atoms in total. The van der Waals surface area contributed by atoms with Crippen molar-refractivity contribution < 1.29 is 22.4 Å². The van der Waals surface area contributed by atoms with Gasteiger partial charge in [-0.2, -0.15) is 9.29 Å². The summed E-state index contributed by atoms with van der Waals surface area (Å²) in [6.07, 6.45) is 1.45. The van der Waals surface area contributed by atoms with E-state index < -0.39 is 10.0 Å². The van der Waals surface area contributed by atoms with Crippen molar-refractivity contribution in [2.75, 3.05) is 27.3 Å². The predicted octanol–water partition coefficient (Wildman–Crippen LogP) is 3.98. The summed E-state index contributed by atoms with van der Waals surface area (Å²) >= 11 is 5.89. The van der Waals surface area contributed by atoms with Crippen molar-refractivity contribution in [2.24, 2.45) is 0 Å². The molecule has 0 aliphatic carbocycles. The average molecular weight is 464 g/mol. The third kappa shape index (κ3) is 4.39. The maximum absolute atomic E-state index is 13.0. The lowest BCUT2D eigenvalue weighted by molar-refractivity contribution is 0.265. The van der Waals surface area contributed by atoms with Gasteiger partial charge in [0.2, 0.25) is 21.7 Å². The Morgan fingerprint density at radius 1 is 1.13 bits per heavy atom. The van der Waals surface area contributed by atoms with Crippen LogP contribution in [0, 0.1) is 0 Å². The van der Waals surface area contributed by atoms with Gasteiger partial charge in [-0.3, -0.25) is 0 Å². The van der Waals surface area contributed by atoms with Gasteiger partial charge in [-0.05, 0) is 49.2 Å². The van der Waals surface area contributed by atoms with Gasteiger partial charge in [0.05, 0.1) is 30.6 Å². The van der Waals surface area contributed by atoms with Gasteiger partial charge in [0.15, 0.2) is 0 Å². The van der Waals surface area contributed by atoms with Crippen LogP contribution in [0.15, 0.2) is 51.9 Å². The maximum atomic E-state index is 13.0. The monoisotopic (exact) mass is 463 g/mol. The molecule has 0 amide bonds. The zero-order valence-electron chi connectivity index (χ0n) is 17.1. The minimum absolute atomic E-state index is 0.193. The molecule has 0 radical (unpaired) electrons. The Balaban J connectivity index is 1.56. The third-order valence-corrected chi connectivity index (χ3v) is 7.41. The Bertz CT molecular complexity index is 1160. The summed E-state index contributed by atoms with van der Waals surface area (Å²) in [5.41, 5.74) is 0.666. The first-order valence-corrected chi connectivity index (χ1v) is 11.6. The highest BCUT2D eigenvalue weighted by Crippen LogP contribution is 2.34. The molecule has 1 atom stereocenters. The molecule has 2 aromatic carbocycles. The molecule has 1 aromatic heterocycles. The fraction of sp³-hybridized carbons (Fsp3) is 0.333. The SMILES string of the molecule is COc1ccc(-c2noc([C@@H]3CCCN(S(=O)(=O)c4ccc(Cl)cc4)C3)n2)c(OC)c1. The van der Waals surface area contributed by atoms with Gasteiger partial charge in [0.1, 0.15) is 11.5 Å². The first-order chi connectivity index (χ1) is 14.9. The summed E-state index contributed by atoms with van der Waals surface area (Å²) in [6, 6.07) is 11.5. The van der Waals surface area contributed by atoms with Gasteiger partial charge in [-0.15, -0.1) is 0 Å². The van der Waals surface area contributed by atoms with Crippen LogP contribution in [-0.2, 0) is 10.0 Å². The van der Waals surface area contributed by atoms with E-state index in [9.17, 15) is 8.42 Å². The van der Waals surface area contributed by atoms with Crippen molar-refractivity contribution in [2.45, 2.75) is 23.7 Å². The van der Waals surface area contributed by atoms with E-state index in [0.29, 0.717) is 46.8 Å². The van der Waals surface area contributed by atoms with Crippen LogP contribution >= 0.6 is 11.6 Å². The van der Waals surface area contributed by atoms with E-state index in [2.05, 4.69) is 10.1 Å². The molecule has 0 N–H and O–H groups in total. The Kier molecular flexibility index (Phi) is 6.17. The number of piperidine rings is 1. The summed E-state index contributed by atoms with van der Waals surface area (Å²) in [5, 5.41) is 4.58. The van der Waals surface area contributed by atoms with E-state index >= 15 is 0 Å². The highest BCUT2D eigenvalue weighted by molar-refractivity contribution is 7.89. The summed E-state index contributed by atoms with van der Waals surface area (Å²) in [6.45, 7) is 0.709. The Morgan fingerprint density at radius 3 is 2.61 bits per heavy atom. The number of methoxy groups -OCH3 is 2. The van der Waals surface area contributed by atoms with Crippen LogP contribution in [0.1, 0.15) is 24.7 Å². The molecule has 1 aliphatic rings. The lowest BCUT2D eigenvalue weighted by Crippen LogP contribution is -2.39. The molecule has 4 rings (SSSR count). The van der Waals surface area contributed by atoms with Crippen LogP contribution in [0.4, 0.5) is 0 Å². The topological polar surface area (TPSA) is 94.8 Å². The van der Waals surface area contributed by atoms with E-state index in [1.807, 2.05) is 0 Å². The van der Waals surface area contributed by atoms with Crippen LogP contribution in [0.25, 0.3) is 11.4 Å². The normalized spacial score (nSPS) is 17.5. The number of sulfonamides is 1. The molecule has 0 spiro atoms. The standard InChI is InChI=1S/C21H22ClN3O5S/c1-28-16-7-10-18(19(12-16)29-2)20-23-21(30-24-20)14-4-3-11-25(13-14)31(26,27)17-8-5-15(22)6-9-17/h5-10,12,14H,3-4,11,13H2,1-2H3/t14-/m1/s1. The van der Waals surface area contributed by atoms with E-state index in [1.165, 1.54) is 16.4 Å². The maximum Gasteiger partial charge on any atom is 0.243 e. The second kappa shape index (κ2) is 8.86. The zero-order chi connectivity index (χ0) is 22.0. The molecule has 31 heavy (non-hydrogen) atoms. The molecular formula is C21H22ClN3O5S. The second-order valence-corrected chi connectivity index (χ2v) is 9.55. The molecule has 0 bridgehead atoms. The molecule has 2 heterocycles. The largest absolute Gasteiger partial charge is 0.497 e. The number of hydrogen-bond acceptors (Lipinski definition) is 7. The second-order valence-electron chi connectivity index (χ2n) is 7.18. The first kappa shape index (κ1) is 21.6. The van der Waals surface area contributed by atoms with Crippen LogP contribution in [-0.4, -0.2) is 50.2 Å². The fourth-order valence-electron chi connectivity index (χ4n) is 3.61.